The molecule has 2 aromatic carbocycles. The Balaban J connectivity index is 1.77. The molecule has 0 aromatic heterocycles. The van der Waals surface area contributed by atoms with Crippen LogP contribution >= 0.6 is 0 Å². The van der Waals surface area contributed by atoms with Gasteiger partial charge in [-0.3, -0.25) is 14.9 Å². The molecule has 5 atom stereocenters. The number of benzene rings is 2. The van der Waals surface area contributed by atoms with E-state index in [1.807, 2.05) is 0 Å². The molecule has 3 rings (SSSR count). The first-order chi connectivity index (χ1) is 24.4. The van der Waals surface area contributed by atoms with E-state index in [0.29, 0.717) is 5.56 Å². The van der Waals surface area contributed by atoms with E-state index >= 15 is 0 Å². The molecule has 1 aliphatic heterocycles. The van der Waals surface area contributed by atoms with Crippen LogP contribution in [0.15, 0.2) is 52.8 Å². The van der Waals surface area contributed by atoms with Gasteiger partial charge in [-0.2, -0.15) is 0 Å². The summed E-state index contributed by atoms with van der Waals surface area (Å²) in [7, 11) is 1.11. The molecular formula is C31H35N5O15. The summed E-state index contributed by atoms with van der Waals surface area (Å²) >= 11 is 0. The second-order valence-electron chi connectivity index (χ2n) is 10.5. The van der Waals surface area contributed by atoms with Crippen LogP contribution in [0, 0.1) is 10.8 Å². The smallest absolute Gasteiger partial charge is 0.489 e. The molecule has 20 heteroatoms. The van der Waals surface area contributed by atoms with Gasteiger partial charge in [0, 0.05) is 31.2 Å². The fourth-order valence-corrected chi connectivity index (χ4v) is 4.56. The maximum absolute atomic E-state index is 13.2. The summed E-state index contributed by atoms with van der Waals surface area (Å²) in [6, 6.07) is 9.75. The van der Waals surface area contributed by atoms with Crippen molar-refractivity contribution in [1.82, 2.24) is 0 Å². The van der Waals surface area contributed by atoms with E-state index < -0.39 is 60.7 Å². The second kappa shape index (κ2) is 19.9. The summed E-state index contributed by atoms with van der Waals surface area (Å²) in [5.41, 5.74) is 8.99. The number of esters is 3. The number of ether oxygens (including phenoxy) is 9. The molecule has 2 aromatic rings. The second-order valence-corrected chi connectivity index (χ2v) is 10.5. The van der Waals surface area contributed by atoms with Crippen LogP contribution in [-0.4, -0.2) is 88.2 Å². The molecule has 0 unspecified atom stereocenters. The van der Waals surface area contributed by atoms with Crippen molar-refractivity contribution in [3.63, 3.8) is 0 Å². The van der Waals surface area contributed by atoms with Gasteiger partial charge >= 0.3 is 30.2 Å². The Morgan fingerprint density at radius 2 is 1.65 bits per heavy atom. The average molecular weight is 718 g/mol. The number of hydrogen-bond donors (Lipinski definition) is 1. The van der Waals surface area contributed by atoms with E-state index in [9.17, 15) is 28.9 Å². The lowest BCUT2D eigenvalue weighted by Crippen LogP contribution is -2.59. The largest absolute Gasteiger partial charge is 0.514 e. The molecule has 0 radical (unpaired) electrons. The average Bonchev–Trinajstić information content (AvgIpc) is 3.10. The fraction of sp³-hybridized carbons (Fsp3) is 0.452. The van der Waals surface area contributed by atoms with Crippen LogP contribution in [0.5, 0.6) is 11.5 Å². The molecule has 0 aliphatic carbocycles. The lowest BCUT2D eigenvalue weighted by Gasteiger charge is -2.42. The van der Waals surface area contributed by atoms with E-state index in [2.05, 4.69) is 20.5 Å². The lowest BCUT2D eigenvalue weighted by molar-refractivity contribution is -0.272. The van der Waals surface area contributed by atoms with Gasteiger partial charge in [0.15, 0.2) is 12.2 Å². The molecule has 1 aliphatic rings. The Morgan fingerprint density at radius 1 is 0.941 bits per heavy atom. The lowest BCUT2D eigenvalue weighted by atomic mass is 9.90. The topological polar surface area (TPSA) is 259 Å². The van der Waals surface area contributed by atoms with Crippen molar-refractivity contribution >= 4 is 41.5 Å². The molecular weight excluding hydrogens is 682 g/mol. The zero-order chi connectivity index (χ0) is 37.3. The van der Waals surface area contributed by atoms with Crippen LogP contribution in [0.2, 0.25) is 0 Å². The number of carbonyl (C=O) groups is 5. The third kappa shape index (κ3) is 12.4. The highest BCUT2D eigenvalue weighted by Gasteiger charge is 2.52. The van der Waals surface area contributed by atoms with Gasteiger partial charge in [0.1, 0.15) is 30.4 Å². The molecule has 0 bridgehead atoms. The minimum absolute atomic E-state index is 0.0407. The number of azide groups is 1. The quantitative estimate of drug-likeness (QED) is 0.0367. The van der Waals surface area contributed by atoms with Crippen LogP contribution < -0.4 is 14.8 Å². The van der Waals surface area contributed by atoms with Crippen LogP contribution in [-0.2, 0) is 54.1 Å². The van der Waals surface area contributed by atoms with E-state index in [1.165, 1.54) is 49.4 Å². The molecule has 0 saturated carbocycles. The maximum atomic E-state index is 13.2. The number of amides is 1. The SMILES string of the molecule is COC(=O)[C@H]1O[C@@H](OC(=O)Nc2ccc(COC(=O)Oc3ccc(N=O)cc3)cc2OCCOCCN=[N+]=[N-])[C@H](OC(C)=O)[C@@H](OC(C)=O)[C@@H]1C. The van der Waals surface area contributed by atoms with Gasteiger partial charge in [-0.15, -0.1) is 4.91 Å². The zero-order valence-corrected chi connectivity index (χ0v) is 27.9. The standard InChI is InChI=1S/C31H35N5O15/c1-17-25(47-18(2)37)27(48-19(3)38)29(50-26(17)28(39)43-4)51-30(40)34-23-10-5-20(15-24(23)45-14-13-44-12-11-33-36-32)16-46-31(41)49-22-8-6-21(35-42)7-9-22/h5-10,15,17,25-27,29H,11-14,16H2,1-4H3,(H,34,40)/t17-,25-,26-,27+,29-/m0/s1. The van der Waals surface area contributed by atoms with Crippen LogP contribution in [0.1, 0.15) is 26.3 Å². The number of methoxy groups -OCH3 is 1. The maximum Gasteiger partial charge on any atom is 0.514 e. The Morgan fingerprint density at radius 3 is 2.29 bits per heavy atom. The monoisotopic (exact) mass is 717 g/mol. The molecule has 1 heterocycles. The van der Waals surface area contributed by atoms with Crippen molar-refractivity contribution in [2.45, 2.75) is 52.0 Å². The predicted octanol–water partition coefficient (Wildman–Crippen LogP) is 4.45. The predicted molar refractivity (Wildman–Crippen MR) is 171 cm³/mol. The highest BCUT2D eigenvalue weighted by atomic mass is 16.7. The van der Waals surface area contributed by atoms with Gasteiger partial charge < -0.3 is 42.6 Å². The third-order valence-electron chi connectivity index (χ3n) is 6.80. The van der Waals surface area contributed by atoms with Crippen molar-refractivity contribution < 1.29 is 66.6 Å². The number of carbonyl (C=O) groups excluding carboxylic acids is 5. The number of nitrogens with one attached hydrogen (secondary N) is 1. The molecule has 1 saturated heterocycles. The molecule has 1 fully saturated rings. The summed E-state index contributed by atoms with van der Waals surface area (Å²) in [6.45, 7) is 3.64. The fourth-order valence-electron chi connectivity index (χ4n) is 4.56. The summed E-state index contributed by atoms with van der Waals surface area (Å²) in [5.74, 6) is -3.14. The summed E-state index contributed by atoms with van der Waals surface area (Å²) in [4.78, 5) is 75.0. The summed E-state index contributed by atoms with van der Waals surface area (Å²) in [5, 5.41) is 8.60. The van der Waals surface area contributed by atoms with Gasteiger partial charge in [-0.1, -0.05) is 18.1 Å². The number of anilines is 1. The van der Waals surface area contributed by atoms with E-state index in [1.54, 1.807) is 0 Å². The molecule has 1 amide bonds. The van der Waals surface area contributed by atoms with Crippen LogP contribution in [0.3, 0.4) is 0 Å². The van der Waals surface area contributed by atoms with Crippen molar-refractivity contribution in [3.8, 4) is 11.5 Å². The van der Waals surface area contributed by atoms with E-state index in [-0.39, 0.29) is 55.8 Å². The molecule has 51 heavy (non-hydrogen) atoms. The van der Waals surface area contributed by atoms with Crippen molar-refractivity contribution in [2.24, 2.45) is 16.2 Å². The molecule has 0 spiro atoms. The highest BCUT2D eigenvalue weighted by Crippen LogP contribution is 2.33. The molecule has 20 nitrogen and oxygen atoms in total. The first-order valence-electron chi connectivity index (χ1n) is 15.1. The highest BCUT2D eigenvalue weighted by molar-refractivity contribution is 5.87. The van der Waals surface area contributed by atoms with Gasteiger partial charge in [0.2, 0.25) is 12.4 Å². The third-order valence-corrected chi connectivity index (χ3v) is 6.80. The Bertz CT molecular complexity index is 1600. The van der Waals surface area contributed by atoms with Crippen LogP contribution in [0.4, 0.5) is 21.0 Å². The van der Waals surface area contributed by atoms with Gasteiger partial charge in [0.05, 0.1) is 26.0 Å². The minimum atomic E-state index is -1.74. The molecule has 1 N–H and O–H groups in total. The van der Waals surface area contributed by atoms with Crippen molar-refractivity contribution in [2.75, 3.05) is 38.8 Å². The first-order valence-corrected chi connectivity index (χ1v) is 15.1. The van der Waals surface area contributed by atoms with E-state index in [4.69, 9.17) is 48.2 Å². The minimum Gasteiger partial charge on any atom is -0.489 e. The normalized spacial score (nSPS) is 19.3. The van der Waals surface area contributed by atoms with Crippen LogP contribution in [0.25, 0.3) is 10.4 Å². The Kier molecular flexibility index (Phi) is 15.4. The summed E-state index contributed by atoms with van der Waals surface area (Å²) in [6.07, 6.45) is -8.05. The summed E-state index contributed by atoms with van der Waals surface area (Å²) < 4.78 is 47.9. The van der Waals surface area contributed by atoms with Gasteiger partial charge in [-0.05, 0) is 52.7 Å². The Labute approximate surface area is 290 Å². The van der Waals surface area contributed by atoms with Crippen molar-refractivity contribution in [1.29, 1.82) is 0 Å². The molecule has 274 valence electrons. The number of nitrogens with zero attached hydrogens (tertiary/aromatic N) is 4. The number of nitroso groups, excluding NO2 is 1. The number of rotatable bonds is 16. The zero-order valence-electron chi connectivity index (χ0n) is 27.9. The van der Waals surface area contributed by atoms with Crippen molar-refractivity contribution in [3.05, 3.63) is 63.4 Å². The number of hydrogen-bond acceptors (Lipinski definition) is 17. The van der Waals surface area contributed by atoms with E-state index in [0.717, 1.165) is 21.0 Å². The first kappa shape index (κ1) is 39.5. The van der Waals surface area contributed by atoms with Gasteiger partial charge in [0.25, 0.3) is 0 Å². The Hall–Kier alpha value is -5.98. The van der Waals surface area contributed by atoms with Gasteiger partial charge in [-0.25, -0.2) is 14.4 Å².